The number of methoxy groups -OCH3 is 1. The van der Waals surface area contributed by atoms with Gasteiger partial charge in [0.15, 0.2) is 0 Å². The molecule has 1 N–H and O–H groups in total. The Morgan fingerprint density at radius 1 is 1.43 bits per heavy atom. The van der Waals surface area contributed by atoms with Gasteiger partial charge in [0, 0.05) is 24.9 Å². The lowest BCUT2D eigenvalue weighted by Crippen LogP contribution is -2.46. The Balaban J connectivity index is 2.34. The van der Waals surface area contributed by atoms with E-state index in [0.717, 1.165) is 30.5 Å². The van der Waals surface area contributed by atoms with Crippen molar-refractivity contribution >= 4 is 5.97 Å². The fourth-order valence-electron chi connectivity index (χ4n) is 2.91. The number of aromatic nitrogens is 2. The van der Waals surface area contributed by atoms with Crippen LogP contribution in [0.2, 0.25) is 0 Å². The van der Waals surface area contributed by atoms with E-state index >= 15 is 0 Å². The first-order valence-corrected chi connectivity index (χ1v) is 7.22. The topological polar surface area (TPSA) is 81.4 Å². The number of aliphatic carboxylic acids is 1. The van der Waals surface area contributed by atoms with Crippen molar-refractivity contribution in [1.82, 2.24) is 9.55 Å². The summed E-state index contributed by atoms with van der Waals surface area (Å²) in [7, 11) is 1.67. The molecule has 1 fully saturated rings. The van der Waals surface area contributed by atoms with Crippen molar-refractivity contribution < 1.29 is 14.6 Å². The van der Waals surface area contributed by atoms with E-state index in [1.54, 1.807) is 18.6 Å². The minimum absolute atomic E-state index is 0.0387. The molecule has 0 amide bonds. The molecule has 0 aliphatic heterocycles. The number of hydrogen-bond acceptors (Lipinski definition) is 4. The molecular formula is C15H22N2O4. The zero-order valence-corrected chi connectivity index (χ0v) is 12.8. The second kappa shape index (κ2) is 5.97. The molecule has 1 aliphatic carbocycles. The molecule has 0 unspecified atom stereocenters. The van der Waals surface area contributed by atoms with Gasteiger partial charge in [0.1, 0.15) is 0 Å². The van der Waals surface area contributed by atoms with Gasteiger partial charge < -0.3 is 9.84 Å². The van der Waals surface area contributed by atoms with Crippen LogP contribution in [0.4, 0.5) is 0 Å². The molecule has 6 heteroatoms. The fraction of sp³-hybridized carbons (Fsp3) is 0.667. The van der Waals surface area contributed by atoms with Crippen LogP contribution in [-0.4, -0.2) is 33.3 Å². The first-order chi connectivity index (χ1) is 9.88. The maximum absolute atomic E-state index is 12.2. The van der Waals surface area contributed by atoms with Crippen molar-refractivity contribution in [2.24, 2.45) is 0 Å². The molecule has 1 saturated carbocycles. The van der Waals surface area contributed by atoms with Crippen LogP contribution < -0.4 is 5.69 Å². The molecule has 0 aromatic carbocycles. The smallest absolute Gasteiger partial charge is 0.348 e. The quantitative estimate of drug-likeness (QED) is 0.858. The van der Waals surface area contributed by atoms with Crippen LogP contribution in [-0.2, 0) is 22.5 Å². The summed E-state index contributed by atoms with van der Waals surface area (Å²) in [5.74, 6) is -0.848. The third kappa shape index (κ3) is 3.15. The van der Waals surface area contributed by atoms with E-state index in [4.69, 9.17) is 9.84 Å². The minimum Gasteiger partial charge on any atom is -0.481 e. The van der Waals surface area contributed by atoms with Crippen LogP contribution in [0.3, 0.4) is 0 Å². The van der Waals surface area contributed by atoms with E-state index in [2.05, 4.69) is 4.98 Å². The number of nitrogens with zero attached hydrogens (tertiary/aromatic N) is 2. The summed E-state index contributed by atoms with van der Waals surface area (Å²) in [5, 5.41) is 8.84. The summed E-state index contributed by atoms with van der Waals surface area (Å²) in [6.45, 7) is 4.10. The molecule has 21 heavy (non-hydrogen) atoms. The molecule has 1 aromatic heterocycles. The molecule has 116 valence electrons. The summed E-state index contributed by atoms with van der Waals surface area (Å²) in [6, 6.07) is 0. The van der Waals surface area contributed by atoms with Crippen LogP contribution in [0, 0.1) is 13.8 Å². The third-order valence-electron chi connectivity index (χ3n) is 4.51. The minimum atomic E-state index is -0.848. The highest BCUT2D eigenvalue weighted by molar-refractivity contribution is 5.67. The van der Waals surface area contributed by atoms with Crippen molar-refractivity contribution in [1.29, 1.82) is 0 Å². The van der Waals surface area contributed by atoms with Gasteiger partial charge in [-0.15, -0.1) is 0 Å². The maximum Gasteiger partial charge on any atom is 0.348 e. The summed E-state index contributed by atoms with van der Waals surface area (Å²) < 4.78 is 7.21. The zero-order valence-electron chi connectivity index (χ0n) is 12.8. The van der Waals surface area contributed by atoms with E-state index in [9.17, 15) is 9.59 Å². The molecule has 0 saturated heterocycles. The monoisotopic (exact) mass is 294 g/mol. The number of carbonyl (C=O) groups is 1. The molecule has 1 aromatic rings. The van der Waals surface area contributed by atoms with Crippen molar-refractivity contribution in [3.63, 3.8) is 0 Å². The predicted octanol–water partition coefficient (Wildman–Crippen LogP) is 1.45. The number of ether oxygens (including phenoxy) is 1. The van der Waals surface area contributed by atoms with Crippen LogP contribution in [0.25, 0.3) is 0 Å². The zero-order chi connectivity index (χ0) is 15.6. The number of aryl methyl sites for hydroxylation is 1. The molecule has 0 atom stereocenters. The molecule has 1 heterocycles. The standard InChI is InChI=1S/C15H22N2O4/c1-10-12(5-6-13(18)19)11(2)17(14(20)16-10)9-15(21-3)7-4-8-15/h4-9H2,1-3H3,(H,18,19). The van der Waals surface area contributed by atoms with Gasteiger partial charge in [0.25, 0.3) is 0 Å². The van der Waals surface area contributed by atoms with Crippen molar-refractivity contribution in [3.05, 3.63) is 27.4 Å². The summed E-state index contributed by atoms with van der Waals surface area (Å²) in [6.07, 6.45) is 3.41. The van der Waals surface area contributed by atoms with E-state index in [0.29, 0.717) is 18.7 Å². The van der Waals surface area contributed by atoms with Crippen LogP contribution in [0.15, 0.2) is 4.79 Å². The van der Waals surface area contributed by atoms with E-state index in [-0.39, 0.29) is 17.7 Å². The van der Waals surface area contributed by atoms with Crippen LogP contribution in [0.1, 0.15) is 42.6 Å². The molecule has 0 spiro atoms. The van der Waals surface area contributed by atoms with Gasteiger partial charge in [-0.05, 0) is 45.1 Å². The second-order valence-electron chi connectivity index (χ2n) is 5.76. The first kappa shape index (κ1) is 15.7. The van der Waals surface area contributed by atoms with Crippen molar-refractivity contribution in [2.45, 2.75) is 58.1 Å². The molecular weight excluding hydrogens is 272 g/mol. The van der Waals surface area contributed by atoms with Crippen molar-refractivity contribution in [3.8, 4) is 0 Å². The van der Waals surface area contributed by atoms with Crippen molar-refractivity contribution in [2.75, 3.05) is 7.11 Å². The largest absolute Gasteiger partial charge is 0.481 e. The van der Waals surface area contributed by atoms with Gasteiger partial charge in [0.05, 0.1) is 12.1 Å². The molecule has 2 rings (SSSR count). The Bertz CT molecular complexity index is 597. The Kier molecular flexibility index (Phi) is 4.46. The Labute approximate surface area is 123 Å². The second-order valence-corrected chi connectivity index (χ2v) is 5.76. The van der Waals surface area contributed by atoms with Gasteiger partial charge in [0.2, 0.25) is 0 Å². The average molecular weight is 294 g/mol. The highest BCUT2D eigenvalue weighted by Crippen LogP contribution is 2.36. The highest BCUT2D eigenvalue weighted by Gasteiger charge is 2.38. The third-order valence-corrected chi connectivity index (χ3v) is 4.51. The fourth-order valence-corrected chi connectivity index (χ4v) is 2.91. The van der Waals surface area contributed by atoms with Gasteiger partial charge >= 0.3 is 11.7 Å². The van der Waals surface area contributed by atoms with E-state index in [1.165, 1.54) is 0 Å². The molecule has 0 radical (unpaired) electrons. The molecule has 0 bridgehead atoms. The number of carboxylic acids is 1. The molecule has 1 aliphatic rings. The van der Waals surface area contributed by atoms with Crippen LogP contribution >= 0.6 is 0 Å². The normalized spacial score (nSPS) is 16.5. The lowest BCUT2D eigenvalue weighted by Gasteiger charge is -2.41. The summed E-state index contributed by atoms with van der Waals surface area (Å²) >= 11 is 0. The SMILES string of the molecule is COC1(Cn2c(C)c(CCC(=O)O)c(C)nc2=O)CCC1. The van der Waals surface area contributed by atoms with Crippen LogP contribution in [0.5, 0.6) is 0 Å². The maximum atomic E-state index is 12.2. The first-order valence-electron chi connectivity index (χ1n) is 7.22. The Morgan fingerprint density at radius 2 is 2.10 bits per heavy atom. The van der Waals surface area contributed by atoms with Gasteiger partial charge in [-0.3, -0.25) is 9.36 Å². The van der Waals surface area contributed by atoms with Gasteiger partial charge in [-0.2, -0.15) is 4.98 Å². The summed E-state index contributed by atoms with van der Waals surface area (Å²) in [5.41, 5.74) is 1.72. The lowest BCUT2D eigenvalue weighted by atomic mass is 9.80. The number of rotatable bonds is 6. The van der Waals surface area contributed by atoms with E-state index in [1.807, 2.05) is 6.92 Å². The predicted molar refractivity (Wildman–Crippen MR) is 77.5 cm³/mol. The van der Waals surface area contributed by atoms with E-state index < -0.39 is 5.97 Å². The average Bonchev–Trinajstić information content (AvgIpc) is 2.36. The van der Waals surface area contributed by atoms with Gasteiger partial charge in [-0.25, -0.2) is 4.79 Å². The van der Waals surface area contributed by atoms with Gasteiger partial charge in [-0.1, -0.05) is 0 Å². The number of hydrogen-bond donors (Lipinski definition) is 1. The summed E-state index contributed by atoms with van der Waals surface area (Å²) in [4.78, 5) is 27.0. The number of carboxylic acid groups (broad SMARTS) is 1. The molecule has 6 nitrogen and oxygen atoms in total. The highest BCUT2D eigenvalue weighted by atomic mass is 16.5. The Morgan fingerprint density at radius 3 is 2.57 bits per heavy atom. The Hall–Kier alpha value is -1.69. The lowest BCUT2D eigenvalue weighted by molar-refractivity contribution is -0.136.